The number of nitrogens with two attached hydrogens (primary N) is 1. The molecule has 7 nitrogen and oxygen atoms in total. The maximum absolute atomic E-state index is 12.5. The molecule has 2 amide bonds. The molecule has 2 aromatic rings. The molecule has 0 radical (unpaired) electrons. The second kappa shape index (κ2) is 6.64. The Hall–Kier alpha value is -3.35. The molecule has 1 aliphatic rings. The second-order valence-electron chi connectivity index (χ2n) is 5.82. The SMILES string of the molecule is Cc1ccc(O)c(NC(=O)C2=NN(c3ccccc3)[C@@H](C(N)=O)C2)c1. The lowest BCUT2D eigenvalue weighted by Crippen LogP contribution is -2.39. The van der Waals surface area contributed by atoms with Gasteiger partial charge in [0.15, 0.2) is 0 Å². The number of phenols is 1. The van der Waals surface area contributed by atoms with Crippen LogP contribution in [0.3, 0.4) is 0 Å². The average Bonchev–Trinajstić information content (AvgIpc) is 3.05. The molecule has 0 unspecified atom stereocenters. The average molecular weight is 338 g/mol. The maximum atomic E-state index is 12.5. The van der Waals surface area contributed by atoms with Crippen molar-refractivity contribution in [2.75, 3.05) is 10.3 Å². The molecule has 3 rings (SSSR count). The van der Waals surface area contributed by atoms with Crippen LogP contribution in [0.5, 0.6) is 5.75 Å². The van der Waals surface area contributed by atoms with E-state index in [9.17, 15) is 14.7 Å². The van der Waals surface area contributed by atoms with E-state index in [1.807, 2.05) is 25.1 Å². The Labute approximate surface area is 144 Å². The lowest BCUT2D eigenvalue weighted by Gasteiger charge is -2.20. The number of aromatic hydroxyl groups is 1. The van der Waals surface area contributed by atoms with E-state index in [4.69, 9.17) is 5.73 Å². The number of hydrogen-bond donors (Lipinski definition) is 3. The Morgan fingerprint density at radius 3 is 2.64 bits per heavy atom. The Morgan fingerprint density at radius 2 is 1.96 bits per heavy atom. The summed E-state index contributed by atoms with van der Waals surface area (Å²) in [5.74, 6) is -1.08. The highest BCUT2D eigenvalue weighted by molar-refractivity contribution is 6.44. The summed E-state index contributed by atoms with van der Waals surface area (Å²) in [6.45, 7) is 1.85. The van der Waals surface area contributed by atoms with Gasteiger partial charge in [0.2, 0.25) is 5.91 Å². The first-order valence-electron chi connectivity index (χ1n) is 7.78. The molecule has 25 heavy (non-hydrogen) atoms. The van der Waals surface area contributed by atoms with Gasteiger partial charge >= 0.3 is 0 Å². The van der Waals surface area contributed by atoms with Crippen LogP contribution in [-0.2, 0) is 9.59 Å². The summed E-state index contributed by atoms with van der Waals surface area (Å²) in [6.07, 6.45) is 0.0998. The van der Waals surface area contributed by atoms with Crippen molar-refractivity contribution < 1.29 is 14.7 Å². The lowest BCUT2D eigenvalue weighted by molar-refractivity contribution is -0.119. The zero-order valence-corrected chi connectivity index (χ0v) is 13.6. The van der Waals surface area contributed by atoms with Crippen molar-refractivity contribution in [1.29, 1.82) is 0 Å². The van der Waals surface area contributed by atoms with Crippen molar-refractivity contribution in [1.82, 2.24) is 0 Å². The molecule has 4 N–H and O–H groups in total. The summed E-state index contributed by atoms with van der Waals surface area (Å²) in [6, 6.07) is 13.2. The standard InChI is InChI=1S/C18H18N4O3/c1-11-7-8-16(23)13(9-11)20-18(25)14-10-15(17(19)24)22(21-14)12-5-3-2-4-6-12/h2-9,15,23H,10H2,1H3,(H2,19,24)(H,20,25)/t15-/m1/s1. The molecule has 0 fully saturated rings. The van der Waals surface area contributed by atoms with E-state index in [0.29, 0.717) is 11.4 Å². The van der Waals surface area contributed by atoms with E-state index < -0.39 is 17.9 Å². The fraction of sp³-hybridized carbons (Fsp3) is 0.167. The van der Waals surface area contributed by atoms with Crippen LogP contribution in [0.1, 0.15) is 12.0 Å². The summed E-state index contributed by atoms with van der Waals surface area (Å²) >= 11 is 0. The van der Waals surface area contributed by atoms with Crippen LogP contribution in [0.25, 0.3) is 0 Å². The van der Waals surface area contributed by atoms with E-state index in [1.54, 1.807) is 24.3 Å². The van der Waals surface area contributed by atoms with Gasteiger partial charge in [-0.3, -0.25) is 14.6 Å². The number of carbonyl (C=O) groups excluding carboxylic acids is 2. The number of hydrazone groups is 1. The van der Waals surface area contributed by atoms with E-state index in [1.165, 1.54) is 11.1 Å². The van der Waals surface area contributed by atoms with Crippen molar-refractivity contribution in [3.8, 4) is 5.75 Å². The smallest absolute Gasteiger partial charge is 0.272 e. The lowest BCUT2D eigenvalue weighted by atomic mass is 10.1. The number of amides is 2. The largest absolute Gasteiger partial charge is 0.506 e. The van der Waals surface area contributed by atoms with E-state index in [-0.39, 0.29) is 17.9 Å². The Balaban J connectivity index is 1.85. The fourth-order valence-electron chi connectivity index (χ4n) is 2.63. The van der Waals surface area contributed by atoms with Crippen LogP contribution >= 0.6 is 0 Å². The third kappa shape index (κ3) is 3.45. The quantitative estimate of drug-likeness (QED) is 0.738. The number of phenolic OH excluding ortho intramolecular Hbond substituents is 1. The summed E-state index contributed by atoms with van der Waals surface area (Å²) in [7, 11) is 0. The van der Waals surface area contributed by atoms with Gasteiger partial charge in [0.25, 0.3) is 5.91 Å². The molecule has 2 aromatic carbocycles. The molecule has 0 bridgehead atoms. The number of rotatable bonds is 4. The normalized spacial score (nSPS) is 16.4. The fourth-order valence-corrected chi connectivity index (χ4v) is 2.63. The first-order valence-corrected chi connectivity index (χ1v) is 7.78. The van der Waals surface area contributed by atoms with E-state index >= 15 is 0 Å². The van der Waals surface area contributed by atoms with Gasteiger partial charge in [-0.05, 0) is 36.8 Å². The third-order valence-corrected chi connectivity index (χ3v) is 3.92. The minimum Gasteiger partial charge on any atom is -0.506 e. The number of benzene rings is 2. The minimum absolute atomic E-state index is 0.0380. The number of primary amides is 1. The molecular weight excluding hydrogens is 320 g/mol. The summed E-state index contributed by atoms with van der Waals surface area (Å²) < 4.78 is 0. The highest BCUT2D eigenvalue weighted by Crippen LogP contribution is 2.27. The van der Waals surface area contributed by atoms with Crippen LogP contribution < -0.4 is 16.1 Å². The van der Waals surface area contributed by atoms with Crippen LogP contribution in [0.4, 0.5) is 11.4 Å². The van der Waals surface area contributed by atoms with Gasteiger partial charge in [0.1, 0.15) is 17.5 Å². The van der Waals surface area contributed by atoms with Gasteiger partial charge < -0.3 is 16.2 Å². The number of nitrogens with zero attached hydrogens (tertiary/aromatic N) is 2. The van der Waals surface area contributed by atoms with Gasteiger partial charge in [-0.1, -0.05) is 24.3 Å². The molecule has 1 aliphatic heterocycles. The van der Waals surface area contributed by atoms with Crippen LogP contribution in [-0.4, -0.2) is 28.7 Å². The Morgan fingerprint density at radius 1 is 1.24 bits per heavy atom. The van der Waals surface area contributed by atoms with Gasteiger partial charge in [-0.25, -0.2) is 0 Å². The molecule has 0 spiro atoms. The van der Waals surface area contributed by atoms with Crippen molar-refractivity contribution in [3.63, 3.8) is 0 Å². The zero-order chi connectivity index (χ0) is 18.0. The van der Waals surface area contributed by atoms with Gasteiger partial charge in [0, 0.05) is 6.42 Å². The first-order chi connectivity index (χ1) is 12.0. The first kappa shape index (κ1) is 16.5. The van der Waals surface area contributed by atoms with Gasteiger partial charge in [-0.2, -0.15) is 5.10 Å². The maximum Gasteiger partial charge on any atom is 0.272 e. The van der Waals surface area contributed by atoms with Crippen LogP contribution in [0.15, 0.2) is 53.6 Å². The summed E-state index contributed by atoms with van der Waals surface area (Å²) in [4.78, 5) is 24.2. The van der Waals surface area contributed by atoms with E-state index in [0.717, 1.165) is 5.56 Å². The van der Waals surface area contributed by atoms with Crippen LogP contribution in [0, 0.1) is 6.92 Å². The molecule has 0 saturated carbocycles. The number of aryl methyl sites for hydroxylation is 1. The van der Waals surface area contributed by atoms with E-state index in [2.05, 4.69) is 10.4 Å². The monoisotopic (exact) mass is 338 g/mol. The third-order valence-electron chi connectivity index (χ3n) is 3.92. The predicted molar refractivity (Wildman–Crippen MR) is 95.4 cm³/mol. The Bertz CT molecular complexity index is 849. The van der Waals surface area contributed by atoms with Crippen molar-refractivity contribution in [2.45, 2.75) is 19.4 Å². The van der Waals surface area contributed by atoms with Crippen LogP contribution in [0.2, 0.25) is 0 Å². The molecule has 0 aliphatic carbocycles. The topological polar surface area (TPSA) is 108 Å². The number of anilines is 2. The molecule has 1 atom stereocenters. The second-order valence-corrected chi connectivity index (χ2v) is 5.82. The zero-order valence-electron chi connectivity index (χ0n) is 13.6. The number of carbonyl (C=O) groups is 2. The van der Waals surface area contributed by atoms with Crippen molar-refractivity contribution >= 4 is 28.9 Å². The predicted octanol–water partition coefficient (Wildman–Crippen LogP) is 1.76. The van der Waals surface area contributed by atoms with Crippen molar-refractivity contribution in [2.24, 2.45) is 10.8 Å². The molecule has 0 aromatic heterocycles. The number of para-hydroxylation sites is 1. The van der Waals surface area contributed by atoms with Crippen molar-refractivity contribution in [3.05, 3.63) is 54.1 Å². The highest BCUT2D eigenvalue weighted by atomic mass is 16.3. The summed E-state index contributed by atoms with van der Waals surface area (Å²) in [5.41, 5.74) is 7.49. The van der Waals surface area contributed by atoms with Gasteiger partial charge in [-0.15, -0.1) is 0 Å². The molecular formula is C18H18N4O3. The Kier molecular flexibility index (Phi) is 4.38. The molecule has 7 heteroatoms. The molecule has 0 saturated heterocycles. The highest BCUT2D eigenvalue weighted by Gasteiger charge is 2.35. The number of nitrogens with one attached hydrogen (secondary N) is 1. The number of hydrogen-bond acceptors (Lipinski definition) is 5. The minimum atomic E-state index is -0.728. The summed E-state index contributed by atoms with van der Waals surface area (Å²) in [5, 5.41) is 18.2. The van der Waals surface area contributed by atoms with Gasteiger partial charge in [0.05, 0.1) is 11.4 Å². The molecule has 1 heterocycles. The molecule has 128 valence electrons.